The van der Waals surface area contributed by atoms with Crippen molar-refractivity contribution in [2.75, 3.05) is 41.2 Å². The molecule has 0 fully saturated rings. The first-order valence-electron chi connectivity index (χ1n) is 10.3. The van der Waals surface area contributed by atoms with Crippen molar-refractivity contribution in [1.29, 1.82) is 0 Å². The lowest BCUT2D eigenvalue weighted by molar-refractivity contribution is -0.201. The third-order valence-electron chi connectivity index (χ3n) is 6.20. The van der Waals surface area contributed by atoms with Gasteiger partial charge in [-0.2, -0.15) is 0 Å². The monoisotopic (exact) mass is 413 g/mol. The first-order valence-corrected chi connectivity index (χ1v) is 10.3. The molecule has 7 heteroatoms. The number of methoxy groups -OCH3 is 2. The summed E-state index contributed by atoms with van der Waals surface area (Å²) in [5, 5.41) is 0. The molecule has 160 valence electrons. The molecule has 0 amide bonds. The largest absolute Gasteiger partial charge is 0.493 e. The summed E-state index contributed by atoms with van der Waals surface area (Å²) in [7, 11) is 5.46. The van der Waals surface area contributed by atoms with Crippen LogP contribution in [0.3, 0.4) is 0 Å². The van der Waals surface area contributed by atoms with Gasteiger partial charge in [-0.15, -0.1) is 0 Å². The van der Waals surface area contributed by atoms with Gasteiger partial charge in [-0.1, -0.05) is 6.07 Å². The summed E-state index contributed by atoms with van der Waals surface area (Å²) in [4.78, 5) is 2.34. The van der Waals surface area contributed by atoms with Gasteiger partial charge in [0.2, 0.25) is 6.79 Å². The van der Waals surface area contributed by atoms with Crippen LogP contribution in [0.5, 0.6) is 23.0 Å². The van der Waals surface area contributed by atoms with Crippen LogP contribution in [0.2, 0.25) is 0 Å². The van der Waals surface area contributed by atoms with E-state index in [2.05, 4.69) is 24.1 Å². The Labute approximate surface area is 176 Å². The maximum absolute atomic E-state index is 6.64. The summed E-state index contributed by atoms with van der Waals surface area (Å²) >= 11 is 0. The molecule has 3 aliphatic rings. The van der Waals surface area contributed by atoms with E-state index < -0.39 is 6.29 Å². The molecule has 3 aliphatic heterocycles. The van der Waals surface area contributed by atoms with E-state index >= 15 is 0 Å². The van der Waals surface area contributed by atoms with E-state index in [0.717, 1.165) is 46.9 Å². The van der Waals surface area contributed by atoms with E-state index in [0.29, 0.717) is 12.4 Å². The molecule has 3 atom stereocenters. The summed E-state index contributed by atoms with van der Waals surface area (Å²) in [5.41, 5.74) is 4.39. The Kier molecular flexibility index (Phi) is 4.97. The van der Waals surface area contributed by atoms with Crippen LogP contribution in [0.4, 0.5) is 0 Å². The van der Waals surface area contributed by atoms with E-state index in [1.165, 1.54) is 5.56 Å². The van der Waals surface area contributed by atoms with Crippen LogP contribution in [0.15, 0.2) is 24.3 Å². The molecular formula is C23H27NO6. The van der Waals surface area contributed by atoms with Gasteiger partial charge >= 0.3 is 0 Å². The number of likely N-dealkylation sites (N-methyl/N-ethyl adjacent to an activating group) is 1. The Morgan fingerprint density at radius 2 is 1.87 bits per heavy atom. The summed E-state index contributed by atoms with van der Waals surface area (Å²) in [6.45, 7) is 3.60. The van der Waals surface area contributed by atoms with Gasteiger partial charge in [0, 0.05) is 13.2 Å². The predicted molar refractivity (Wildman–Crippen MR) is 109 cm³/mol. The fourth-order valence-electron chi connectivity index (χ4n) is 4.79. The van der Waals surface area contributed by atoms with E-state index in [1.54, 1.807) is 14.2 Å². The molecule has 7 nitrogen and oxygen atoms in total. The molecule has 0 saturated carbocycles. The first-order chi connectivity index (χ1) is 14.7. The SMILES string of the molecule is CCOC1OC2c3cc(OC)c(OC)cc3CCN(C)C2c2ccc3c(c21)OCO3. The smallest absolute Gasteiger partial charge is 0.231 e. The number of fused-ring (bicyclic) bond motifs is 7. The van der Waals surface area contributed by atoms with E-state index in [-0.39, 0.29) is 18.9 Å². The van der Waals surface area contributed by atoms with Gasteiger partial charge in [0.25, 0.3) is 0 Å². The van der Waals surface area contributed by atoms with Gasteiger partial charge in [0.15, 0.2) is 29.3 Å². The number of nitrogens with zero attached hydrogens (tertiary/aromatic N) is 1. The molecule has 2 aromatic carbocycles. The van der Waals surface area contributed by atoms with E-state index in [9.17, 15) is 0 Å². The van der Waals surface area contributed by atoms with Crippen LogP contribution in [-0.4, -0.2) is 46.1 Å². The quantitative estimate of drug-likeness (QED) is 0.756. The predicted octanol–water partition coefficient (Wildman–Crippen LogP) is 3.77. The average molecular weight is 413 g/mol. The molecule has 30 heavy (non-hydrogen) atoms. The second-order valence-electron chi connectivity index (χ2n) is 7.73. The highest BCUT2D eigenvalue weighted by Crippen LogP contribution is 2.55. The molecular weight excluding hydrogens is 386 g/mol. The van der Waals surface area contributed by atoms with Crippen molar-refractivity contribution in [1.82, 2.24) is 4.90 Å². The summed E-state index contributed by atoms with van der Waals surface area (Å²) in [6.07, 6.45) is 0.147. The number of ether oxygens (including phenoxy) is 6. The van der Waals surface area contributed by atoms with Crippen LogP contribution in [0.25, 0.3) is 0 Å². The number of hydrogen-bond donors (Lipinski definition) is 0. The zero-order valence-corrected chi connectivity index (χ0v) is 17.8. The fraction of sp³-hybridized carbons (Fsp3) is 0.478. The average Bonchev–Trinajstić information content (AvgIpc) is 3.20. The van der Waals surface area contributed by atoms with E-state index in [4.69, 9.17) is 28.4 Å². The zero-order valence-electron chi connectivity index (χ0n) is 17.8. The maximum atomic E-state index is 6.64. The lowest BCUT2D eigenvalue weighted by Crippen LogP contribution is -2.35. The highest BCUT2D eigenvalue weighted by Gasteiger charge is 2.44. The zero-order chi connectivity index (χ0) is 20.8. The summed E-state index contributed by atoms with van der Waals surface area (Å²) in [5.74, 6) is 2.91. The van der Waals surface area contributed by atoms with Crippen molar-refractivity contribution in [3.63, 3.8) is 0 Å². The second-order valence-corrected chi connectivity index (χ2v) is 7.73. The minimum Gasteiger partial charge on any atom is -0.493 e. The van der Waals surface area contributed by atoms with Crippen LogP contribution in [-0.2, 0) is 15.9 Å². The van der Waals surface area contributed by atoms with Crippen molar-refractivity contribution < 1.29 is 28.4 Å². The van der Waals surface area contributed by atoms with Gasteiger partial charge in [-0.25, -0.2) is 0 Å². The van der Waals surface area contributed by atoms with Crippen molar-refractivity contribution in [3.8, 4) is 23.0 Å². The summed E-state index contributed by atoms with van der Waals surface area (Å²) < 4.78 is 35.2. The van der Waals surface area contributed by atoms with Crippen LogP contribution in [0.1, 0.15) is 47.6 Å². The van der Waals surface area contributed by atoms with Crippen LogP contribution >= 0.6 is 0 Å². The maximum Gasteiger partial charge on any atom is 0.231 e. The van der Waals surface area contributed by atoms with Crippen molar-refractivity contribution >= 4 is 0 Å². The van der Waals surface area contributed by atoms with Crippen molar-refractivity contribution in [3.05, 3.63) is 46.5 Å². The van der Waals surface area contributed by atoms with Gasteiger partial charge in [0.1, 0.15) is 6.10 Å². The van der Waals surface area contributed by atoms with E-state index in [1.807, 2.05) is 19.1 Å². The molecule has 0 aromatic heterocycles. The molecule has 0 spiro atoms. The topological polar surface area (TPSA) is 58.6 Å². The molecule has 0 saturated heterocycles. The number of rotatable bonds is 4. The molecule has 0 aliphatic carbocycles. The lowest BCUT2D eigenvalue weighted by Gasteiger charge is -2.41. The molecule has 3 heterocycles. The molecule has 5 rings (SSSR count). The Balaban J connectivity index is 1.69. The van der Waals surface area contributed by atoms with Crippen molar-refractivity contribution in [2.24, 2.45) is 0 Å². The Morgan fingerprint density at radius 3 is 2.63 bits per heavy atom. The third kappa shape index (κ3) is 2.92. The number of hydrogen-bond acceptors (Lipinski definition) is 7. The van der Waals surface area contributed by atoms with Crippen LogP contribution in [0, 0.1) is 0 Å². The van der Waals surface area contributed by atoms with Gasteiger partial charge in [-0.3, -0.25) is 4.90 Å². The third-order valence-corrected chi connectivity index (χ3v) is 6.20. The lowest BCUT2D eigenvalue weighted by atomic mass is 9.87. The molecule has 3 unspecified atom stereocenters. The Hall–Kier alpha value is -2.48. The normalized spacial score (nSPS) is 24.5. The summed E-state index contributed by atoms with van der Waals surface area (Å²) in [6, 6.07) is 8.24. The Bertz CT molecular complexity index is 961. The standard InChI is InChI=1S/C23H27NO6/c1-5-27-23-19-14(6-7-16-22(19)29-12-28-16)20-21(30-23)15-11-18(26-4)17(25-3)10-13(15)8-9-24(20)2/h6-7,10-11,20-21,23H,5,8-9,12H2,1-4H3. The molecule has 2 aromatic rings. The van der Waals surface area contributed by atoms with Crippen molar-refractivity contribution in [2.45, 2.75) is 31.8 Å². The highest BCUT2D eigenvalue weighted by atomic mass is 16.7. The first kappa shape index (κ1) is 19.5. The Morgan fingerprint density at radius 1 is 1.07 bits per heavy atom. The molecule has 0 bridgehead atoms. The van der Waals surface area contributed by atoms with Gasteiger partial charge in [-0.05, 0) is 55.3 Å². The molecule has 0 radical (unpaired) electrons. The minimum absolute atomic E-state index is 0.0190. The highest BCUT2D eigenvalue weighted by molar-refractivity contribution is 5.56. The molecule has 0 N–H and O–H groups in total. The van der Waals surface area contributed by atoms with Gasteiger partial charge in [0.05, 0.1) is 25.8 Å². The second kappa shape index (κ2) is 7.65. The minimum atomic E-state index is -0.532. The number of benzene rings is 2. The fourth-order valence-corrected chi connectivity index (χ4v) is 4.79. The van der Waals surface area contributed by atoms with Gasteiger partial charge < -0.3 is 28.4 Å². The van der Waals surface area contributed by atoms with Crippen LogP contribution < -0.4 is 18.9 Å².